The van der Waals surface area contributed by atoms with Crippen LogP contribution in [0.15, 0.2) is 36.5 Å². The molecule has 3 heterocycles. The van der Waals surface area contributed by atoms with E-state index in [1.54, 1.807) is 0 Å². The van der Waals surface area contributed by atoms with Crippen molar-refractivity contribution in [2.45, 2.75) is 38.1 Å². The number of nitrogens with one attached hydrogen (secondary N) is 1. The van der Waals surface area contributed by atoms with Crippen LogP contribution in [-0.4, -0.2) is 58.3 Å². The van der Waals surface area contributed by atoms with Crippen LogP contribution in [0.3, 0.4) is 0 Å². The molecule has 0 aromatic carbocycles. The van der Waals surface area contributed by atoms with Gasteiger partial charge in [0, 0.05) is 44.0 Å². The minimum atomic E-state index is -0.851. The van der Waals surface area contributed by atoms with Gasteiger partial charge in [-0.15, -0.1) is 0 Å². The number of rotatable bonds is 4. The molecule has 0 unspecified atom stereocenters. The van der Waals surface area contributed by atoms with Gasteiger partial charge in [-0.25, -0.2) is 14.8 Å². The summed E-state index contributed by atoms with van der Waals surface area (Å²) in [5, 5.41) is 12.7. The Bertz CT molecular complexity index is 814. The van der Waals surface area contributed by atoms with E-state index in [0.717, 1.165) is 22.9 Å². The first kappa shape index (κ1) is 18.5. The van der Waals surface area contributed by atoms with Gasteiger partial charge < -0.3 is 20.2 Å². The number of anilines is 2. The minimum Gasteiger partial charge on any atom is -0.465 e. The Morgan fingerprint density at radius 3 is 2.61 bits per heavy atom. The third kappa shape index (κ3) is 4.35. The molecule has 1 saturated carbocycles. The maximum absolute atomic E-state index is 11.1. The van der Waals surface area contributed by atoms with Crippen molar-refractivity contribution >= 4 is 17.7 Å². The van der Waals surface area contributed by atoms with Crippen molar-refractivity contribution in [2.75, 3.05) is 36.4 Å². The lowest BCUT2D eigenvalue weighted by Crippen LogP contribution is -2.48. The second-order valence-electron chi connectivity index (χ2n) is 7.55. The molecule has 2 fully saturated rings. The lowest BCUT2D eigenvalue weighted by molar-refractivity contribution is 0.142. The average Bonchev–Trinajstić information content (AvgIpc) is 2.75. The Balaban J connectivity index is 1.47. The maximum atomic E-state index is 11.1. The number of carboxylic acid groups (broad SMARTS) is 1. The number of hydrogen-bond acceptors (Lipinski definition) is 5. The molecular weight excluding hydrogens is 354 g/mol. The van der Waals surface area contributed by atoms with E-state index in [2.05, 4.69) is 21.3 Å². The average molecular weight is 381 g/mol. The maximum Gasteiger partial charge on any atom is 0.407 e. The fraction of sp³-hybridized carbons (Fsp3) is 0.476. The Labute approximate surface area is 165 Å². The first-order valence-electron chi connectivity index (χ1n) is 10.1. The van der Waals surface area contributed by atoms with Crippen LogP contribution in [0, 0.1) is 0 Å². The molecule has 0 bridgehead atoms. The number of amides is 1. The highest BCUT2D eigenvalue weighted by atomic mass is 16.4. The quantitative estimate of drug-likeness (QED) is 0.841. The fourth-order valence-electron chi connectivity index (χ4n) is 4.01. The van der Waals surface area contributed by atoms with Crippen molar-refractivity contribution < 1.29 is 9.90 Å². The summed E-state index contributed by atoms with van der Waals surface area (Å²) in [6.07, 6.45) is 7.32. The molecule has 0 radical (unpaired) electrons. The number of pyridine rings is 2. The van der Waals surface area contributed by atoms with E-state index in [4.69, 9.17) is 10.1 Å². The van der Waals surface area contributed by atoms with Crippen LogP contribution in [0.5, 0.6) is 0 Å². The lowest BCUT2D eigenvalue weighted by atomic mass is 9.95. The van der Waals surface area contributed by atoms with E-state index in [0.29, 0.717) is 32.2 Å². The number of piperazine rings is 1. The number of nitrogens with zero attached hydrogens (tertiary/aromatic N) is 4. The summed E-state index contributed by atoms with van der Waals surface area (Å²) in [5.41, 5.74) is 1.95. The summed E-state index contributed by atoms with van der Waals surface area (Å²) < 4.78 is 0. The number of aromatic nitrogens is 2. The SMILES string of the molecule is O=C(O)N1CCN(c2cccc(-c3ccnc(NC4CCCCC4)c3)n2)CC1. The van der Waals surface area contributed by atoms with Gasteiger partial charge in [0.1, 0.15) is 11.6 Å². The standard InChI is InChI=1S/C21H27N5O2/c27-21(28)26-13-11-25(12-14-26)20-8-4-7-18(24-20)16-9-10-22-19(15-16)23-17-5-2-1-3-6-17/h4,7-10,15,17H,1-3,5-6,11-14H2,(H,22,23)(H,27,28). The van der Waals surface area contributed by atoms with Crippen molar-refractivity contribution in [3.63, 3.8) is 0 Å². The second kappa shape index (κ2) is 8.46. The predicted molar refractivity (Wildman–Crippen MR) is 110 cm³/mol. The van der Waals surface area contributed by atoms with Crippen molar-refractivity contribution in [2.24, 2.45) is 0 Å². The van der Waals surface area contributed by atoms with Gasteiger partial charge in [0.2, 0.25) is 0 Å². The molecule has 0 spiro atoms. The number of hydrogen-bond donors (Lipinski definition) is 2. The summed E-state index contributed by atoms with van der Waals surface area (Å²) in [6.45, 7) is 2.33. The van der Waals surface area contributed by atoms with Crippen LogP contribution < -0.4 is 10.2 Å². The monoisotopic (exact) mass is 381 g/mol. The van der Waals surface area contributed by atoms with Gasteiger partial charge in [-0.1, -0.05) is 25.3 Å². The van der Waals surface area contributed by atoms with E-state index in [-0.39, 0.29) is 0 Å². The molecule has 7 heteroatoms. The van der Waals surface area contributed by atoms with Crippen molar-refractivity contribution in [1.29, 1.82) is 0 Å². The second-order valence-corrected chi connectivity index (χ2v) is 7.55. The first-order chi connectivity index (χ1) is 13.7. The molecule has 148 valence electrons. The van der Waals surface area contributed by atoms with Crippen LogP contribution in [0.4, 0.5) is 16.4 Å². The third-order valence-electron chi connectivity index (χ3n) is 5.62. The Morgan fingerprint density at radius 2 is 1.86 bits per heavy atom. The summed E-state index contributed by atoms with van der Waals surface area (Å²) in [7, 11) is 0. The van der Waals surface area contributed by atoms with Gasteiger partial charge in [-0.2, -0.15) is 0 Å². The molecule has 1 amide bonds. The lowest BCUT2D eigenvalue weighted by Gasteiger charge is -2.34. The molecule has 2 aromatic rings. The van der Waals surface area contributed by atoms with Crippen molar-refractivity contribution in [1.82, 2.24) is 14.9 Å². The van der Waals surface area contributed by atoms with E-state index in [1.807, 2.05) is 30.5 Å². The van der Waals surface area contributed by atoms with E-state index >= 15 is 0 Å². The van der Waals surface area contributed by atoms with Gasteiger partial charge in [-0.3, -0.25) is 0 Å². The van der Waals surface area contributed by atoms with Crippen LogP contribution >= 0.6 is 0 Å². The van der Waals surface area contributed by atoms with Gasteiger partial charge in [0.05, 0.1) is 5.69 Å². The molecule has 1 saturated heterocycles. The highest BCUT2D eigenvalue weighted by Crippen LogP contribution is 2.25. The Morgan fingerprint density at radius 1 is 1.07 bits per heavy atom. The Hall–Kier alpha value is -2.83. The van der Waals surface area contributed by atoms with Crippen molar-refractivity contribution in [3.05, 3.63) is 36.5 Å². The van der Waals surface area contributed by atoms with Gasteiger partial charge >= 0.3 is 6.09 Å². The van der Waals surface area contributed by atoms with Gasteiger partial charge in [0.15, 0.2) is 0 Å². The third-order valence-corrected chi connectivity index (χ3v) is 5.62. The van der Waals surface area contributed by atoms with Crippen LogP contribution in [0.25, 0.3) is 11.3 Å². The first-order valence-corrected chi connectivity index (χ1v) is 10.1. The van der Waals surface area contributed by atoms with Crippen LogP contribution in [0.1, 0.15) is 32.1 Å². The molecule has 2 aliphatic rings. The molecule has 7 nitrogen and oxygen atoms in total. The highest BCUT2D eigenvalue weighted by molar-refractivity contribution is 5.66. The molecule has 2 N–H and O–H groups in total. The molecule has 28 heavy (non-hydrogen) atoms. The van der Waals surface area contributed by atoms with Crippen LogP contribution in [-0.2, 0) is 0 Å². The molecule has 2 aromatic heterocycles. The van der Waals surface area contributed by atoms with E-state index in [9.17, 15) is 4.79 Å². The normalized spacial score (nSPS) is 18.1. The van der Waals surface area contributed by atoms with E-state index < -0.39 is 6.09 Å². The summed E-state index contributed by atoms with van der Waals surface area (Å²) >= 11 is 0. The molecule has 1 aliphatic heterocycles. The summed E-state index contributed by atoms with van der Waals surface area (Å²) in [5.74, 6) is 1.80. The highest BCUT2D eigenvalue weighted by Gasteiger charge is 2.21. The summed E-state index contributed by atoms with van der Waals surface area (Å²) in [6, 6.07) is 10.6. The fourth-order valence-corrected chi connectivity index (χ4v) is 4.01. The smallest absolute Gasteiger partial charge is 0.407 e. The largest absolute Gasteiger partial charge is 0.465 e. The topological polar surface area (TPSA) is 81.6 Å². The zero-order chi connectivity index (χ0) is 19.3. The van der Waals surface area contributed by atoms with E-state index in [1.165, 1.54) is 37.0 Å². The molecule has 4 rings (SSSR count). The molecular formula is C21H27N5O2. The predicted octanol–water partition coefficient (Wildman–Crippen LogP) is 3.69. The molecule has 1 aliphatic carbocycles. The van der Waals surface area contributed by atoms with Crippen molar-refractivity contribution in [3.8, 4) is 11.3 Å². The van der Waals surface area contributed by atoms with Crippen LogP contribution in [0.2, 0.25) is 0 Å². The van der Waals surface area contributed by atoms with Gasteiger partial charge in [-0.05, 0) is 37.1 Å². The van der Waals surface area contributed by atoms with Gasteiger partial charge in [0.25, 0.3) is 0 Å². The number of carbonyl (C=O) groups is 1. The summed E-state index contributed by atoms with van der Waals surface area (Å²) in [4.78, 5) is 24.0. The Kier molecular flexibility index (Phi) is 5.60. The zero-order valence-corrected chi connectivity index (χ0v) is 16.0. The molecule has 0 atom stereocenters. The zero-order valence-electron chi connectivity index (χ0n) is 16.0. The minimum absolute atomic E-state index is 0.506.